The fraction of sp³-hybridized carbons (Fsp3) is 0.308. The summed E-state index contributed by atoms with van der Waals surface area (Å²) in [6.45, 7) is 4.04. The zero-order chi connectivity index (χ0) is 11.1. The molecule has 0 saturated heterocycles. The molecule has 1 unspecified atom stereocenters. The monoisotopic (exact) mass is 202 g/mol. The molecule has 1 aliphatic rings. The van der Waals surface area contributed by atoms with Gasteiger partial charge in [0.15, 0.2) is 0 Å². The lowest BCUT2D eigenvalue weighted by Gasteiger charge is -2.24. The highest BCUT2D eigenvalue weighted by Crippen LogP contribution is 2.06. The van der Waals surface area contributed by atoms with Gasteiger partial charge in [0.2, 0.25) is 0 Å². The van der Waals surface area contributed by atoms with Crippen LogP contribution in [-0.2, 0) is 0 Å². The molecule has 2 nitrogen and oxygen atoms in total. The third-order valence-electron chi connectivity index (χ3n) is 2.21. The molecule has 1 atom stereocenters. The number of hydrogen-bond acceptors (Lipinski definition) is 1. The van der Waals surface area contributed by atoms with Gasteiger partial charge >= 0.3 is 0 Å². The van der Waals surface area contributed by atoms with E-state index in [1.165, 1.54) is 0 Å². The molecule has 0 aromatic heterocycles. The Hall–Kier alpha value is -1.57. The number of rotatable bonds is 1. The van der Waals surface area contributed by atoms with Crippen LogP contribution in [0.4, 0.5) is 0 Å². The molecule has 0 fully saturated rings. The smallest absolute Gasteiger partial charge is 0.124 e. The Labute approximate surface area is 91.8 Å². The van der Waals surface area contributed by atoms with Gasteiger partial charge in [-0.05, 0) is 26.3 Å². The number of nitrogens with zero attached hydrogens (tertiary/aromatic N) is 1. The lowest BCUT2D eigenvalue weighted by molar-refractivity contribution is 0.497. The summed E-state index contributed by atoms with van der Waals surface area (Å²) in [5.74, 6) is 0.528. The Balaban J connectivity index is 2.92. The molecular formula is C13H18N2. The molecule has 0 aromatic carbocycles. The van der Waals surface area contributed by atoms with E-state index in [0.717, 1.165) is 6.42 Å². The quantitative estimate of drug-likeness (QED) is 0.694. The summed E-state index contributed by atoms with van der Waals surface area (Å²) in [5, 5.41) is 7.92. The van der Waals surface area contributed by atoms with Crippen molar-refractivity contribution in [2.45, 2.75) is 26.3 Å². The maximum Gasteiger partial charge on any atom is 0.124 e. The minimum atomic E-state index is 0.209. The second-order valence-corrected chi connectivity index (χ2v) is 3.47. The van der Waals surface area contributed by atoms with E-state index in [1.54, 1.807) is 0 Å². The van der Waals surface area contributed by atoms with Gasteiger partial charge in [-0.3, -0.25) is 5.41 Å². The van der Waals surface area contributed by atoms with Crippen molar-refractivity contribution in [2.24, 2.45) is 0 Å². The van der Waals surface area contributed by atoms with Gasteiger partial charge in [0, 0.05) is 6.20 Å². The van der Waals surface area contributed by atoms with Gasteiger partial charge in [-0.15, -0.1) is 0 Å². The van der Waals surface area contributed by atoms with E-state index in [-0.39, 0.29) is 6.04 Å². The largest absolute Gasteiger partial charge is 0.327 e. The highest BCUT2D eigenvalue weighted by atomic mass is 15.2. The number of hydrogen-bond donors (Lipinski definition) is 1. The predicted molar refractivity (Wildman–Crippen MR) is 65.9 cm³/mol. The molecule has 0 spiro atoms. The van der Waals surface area contributed by atoms with Crippen LogP contribution in [0.25, 0.3) is 0 Å². The first-order valence-corrected chi connectivity index (χ1v) is 5.25. The lowest BCUT2D eigenvalue weighted by Crippen LogP contribution is -2.31. The van der Waals surface area contributed by atoms with E-state index >= 15 is 0 Å². The highest BCUT2D eigenvalue weighted by molar-refractivity contribution is 5.91. The summed E-state index contributed by atoms with van der Waals surface area (Å²) >= 11 is 0. The van der Waals surface area contributed by atoms with Gasteiger partial charge in [0.1, 0.15) is 5.84 Å². The first-order valence-electron chi connectivity index (χ1n) is 5.25. The molecule has 80 valence electrons. The summed E-state index contributed by atoms with van der Waals surface area (Å²) in [7, 11) is 0. The number of amidine groups is 1. The van der Waals surface area contributed by atoms with Crippen molar-refractivity contribution in [1.29, 1.82) is 5.41 Å². The van der Waals surface area contributed by atoms with Crippen LogP contribution in [-0.4, -0.2) is 16.8 Å². The van der Waals surface area contributed by atoms with Crippen LogP contribution in [0.2, 0.25) is 0 Å². The summed E-state index contributed by atoms with van der Waals surface area (Å²) in [4.78, 5) is 1.94. The van der Waals surface area contributed by atoms with Gasteiger partial charge in [0.05, 0.1) is 6.04 Å². The van der Waals surface area contributed by atoms with Crippen molar-refractivity contribution in [3.8, 4) is 0 Å². The Morgan fingerprint density at radius 1 is 1.40 bits per heavy atom. The fourth-order valence-electron chi connectivity index (χ4n) is 1.42. The first-order chi connectivity index (χ1) is 7.25. The van der Waals surface area contributed by atoms with E-state index in [1.807, 2.05) is 48.4 Å². The molecule has 0 bridgehead atoms. The molecule has 0 aliphatic carbocycles. The van der Waals surface area contributed by atoms with Crippen LogP contribution in [0.1, 0.15) is 20.3 Å². The fourth-order valence-corrected chi connectivity index (χ4v) is 1.42. The summed E-state index contributed by atoms with van der Waals surface area (Å²) in [6, 6.07) is 0.209. The molecular weight excluding hydrogens is 184 g/mol. The van der Waals surface area contributed by atoms with E-state index in [2.05, 4.69) is 19.1 Å². The number of allylic oxidation sites excluding steroid dienone is 5. The van der Waals surface area contributed by atoms with Crippen molar-refractivity contribution < 1.29 is 0 Å². The van der Waals surface area contributed by atoms with E-state index in [0.29, 0.717) is 5.84 Å². The van der Waals surface area contributed by atoms with Crippen LogP contribution in [0.5, 0.6) is 0 Å². The molecule has 15 heavy (non-hydrogen) atoms. The molecule has 2 heteroatoms. The van der Waals surface area contributed by atoms with Gasteiger partial charge in [-0.1, -0.05) is 36.5 Å². The Morgan fingerprint density at radius 3 is 2.93 bits per heavy atom. The van der Waals surface area contributed by atoms with Crippen molar-refractivity contribution in [2.75, 3.05) is 0 Å². The van der Waals surface area contributed by atoms with Gasteiger partial charge in [0.25, 0.3) is 0 Å². The van der Waals surface area contributed by atoms with Crippen molar-refractivity contribution >= 4 is 5.84 Å². The lowest BCUT2D eigenvalue weighted by atomic mass is 10.2. The Morgan fingerprint density at radius 2 is 2.20 bits per heavy atom. The van der Waals surface area contributed by atoms with E-state index in [9.17, 15) is 0 Å². The molecule has 0 aromatic rings. The predicted octanol–water partition coefficient (Wildman–Crippen LogP) is 3.26. The normalized spacial score (nSPS) is 29.1. The number of nitrogens with one attached hydrogen (secondary N) is 1. The topological polar surface area (TPSA) is 27.1 Å². The van der Waals surface area contributed by atoms with E-state index < -0.39 is 0 Å². The van der Waals surface area contributed by atoms with Crippen LogP contribution in [0, 0.1) is 5.41 Å². The molecule has 1 heterocycles. The average molecular weight is 202 g/mol. The van der Waals surface area contributed by atoms with Crippen molar-refractivity contribution in [3.05, 3.63) is 48.7 Å². The summed E-state index contributed by atoms with van der Waals surface area (Å²) in [5.41, 5.74) is 0. The maximum atomic E-state index is 7.92. The molecule has 1 aliphatic heterocycles. The second-order valence-electron chi connectivity index (χ2n) is 3.47. The average Bonchev–Trinajstić information content (AvgIpc) is 2.23. The van der Waals surface area contributed by atoms with Crippen molar-refractivity contribution in [3.63, 3.8) is 0 Å². The minimum absolute atomic E-state index is 0.209. The zero-order valence-corrected chi connectivity index (χ0v) is 9.35. The van der Waals surface area contributed by atoms with Gasteiger partial charge < -0.3 is 4.90 Å². The standard InChI is InChI=1S/C13H18N2/c1-3-11-15-12(2)9-7-5-4-6-8-10-13(15)14/h3-5,7-12,14H,6H2,1-2H3/b5-4-,9-7-,10-8-,11-3-,14-13?. The van der Waals surface area contributed by atoms with Gasteiger partial charge in [-0.25, -0.2) is 0 Å². The maximum absolute atomic E-state index is 7.92. The molecule has 1 N–H and O–H groups in total. The van der Waals surface area contributed by atoms with Crippen LogP contribution < -0.4 is 0 Å². The van der Waals surface area contributed by atoms with Crippen molar-refractivity contribution in [1.82, 2.24) is 4.90 Å². The Kier molecular flexibility index (Phi) is 4.61. The third-order valence-corrected chi connectivity index (χ3v) is 2.21. The molecule has 0 radical (unpaired) electrons. The first kappa shape index (κ1) is 11.5. The van der Waals surface area contributed by atoms with E-state index in [4.69, 9.17) is 5.41 Å². The minimum Gasteiger partial charge on any atom is -0.327 e. The molecule has 0 amide bonds. The summed E-state index contributed by atoms with van der Waals surface area (Å²) < 4.78 is 0. The Bertz CT molecular complexity index is 321. The van der Waals surface area contributed by atoms with Crippen LogP contribution in [0.15, 0.2) is 48.7 Å². The third kappa shape index (κ3) is 3.58. The van der Waals surface area contributed by atoms with Crippen LogP contribution >= 0.6 is 0 Å². The van der Waals surface area contributed by atoms with Crippen LogP contribution in [0.3, 0.4) is 0 Å². The zero-order valence-electron chi connectivity index (χ0n) is 9.35. The van der Waals surface area contributed by atoms with Gasteiger partial charge in [-0.2, -0.15) is 0 Å². The second kappa shape index (κ2) is 6.02. The molecule has 1 rings (SSSR count). The highest BCUT2D eigenvalue weighted by Gasteiger charge is 2.09. The molecule has 0 saturated carbocycles. The SMILES string of the molecule is C/C=C\N1C(=N)/C=C\C/C=C\C=C/C1C. The summed E-state index contributed by atoms with van der Waals surface area (Å²) in [6.07, 6.45) is 16.9.